The summed E-state index contributed by atoms with van der Waals surface area (Å²) in [6.45, 7) is 1.80. The molecule has 0 amide bonds. The van der Waals surface area contributed by atoms with Crippen molar-refractivity contribution in [3.05, 3.63) is 140 Å². The second kappa shape index (κ2) is 13.3. The van der Waals surface area contributed by atoms with Crippen LogP contribution in [0.5, 0.6) is 0 Å². The van der Waals surface area contributed by atoms with Gasteiger partial charge in [0, 0.05) is 5.97 Å². The average molecular weight is 503 g/mol. The summed E-state index contributed by atoms with van der Waals surface area (Å²) in [6.07, 6.45) is 0.850. The Morgan fingerprint density at radius 1 is 0.514 bits per heavy atom. The molecule has 5 rings (SSSR count). The Morgan fingerprint density at radius 2 is 0.838 bits per heavy atom. The van der Waals surface area contributed by atoms with Crippen molar-refractivity contribution in [2.75, 3.05) is 0 Å². The van der Waals surface area contributed by atoms with Crippen LogP contribution in [-0.4, -0.2) is 5.97 Å². The molecule has 0 aromatic heterocycles. The molecule has 0 fully saturated rings. The maximum absolute atomic E-state index is 9.49. The topological polar surface area (TPSA) is 40.1 Å². The summed E-state index contributed by atoms with van der Waals surface area (Å²) < 4.78 is 0. The SMILES string of the molecule is CCCC(=O)[O-].c1ccc(-c2ccc([S+](c3ccccc3)c3ccc(-c4ccccc4)cc3)cc2)cc1. The van der Waals surface area contributed by atoms with Crippen molar-refractivity contribution in [2.45, 2.75) is 34.5 Å². The van der Waals surface area contributed by atoms with Gasteiger partial charge in [-0.15, -0.1) is 0 Å². The summed E-state index contributed by atoms with van der Waals surface area (Å²) in [5, 5.41) is 9.49. The fourth-order valence-electron chi connectivity index (χ4n) is 4.00. The highest BCUT2D eigenvalue weighted by atomic mass is 32.2. The standard InChI is InChI=1S/C30H23S.C4H8O2/c1-4-10-24(11-5-1)26-16-20-29(21-17-26)31(28-14-8-3-9-15-28)30-22-18-27(19-23-30)25-12-6-2-7-13-25;1-2-3-4(5)6/h1-23H;2-3H2,1H3,(H,5,6)/q+1;/p-1. The number of carboxylic acids is 1. The molecule has 184 valence electrons. The van der Waals surface area contributed by atoms with Gasteiger partial charge in [0.1, 0.15) is 0 Å². The molecule has 0 unspecified atom stereocenters. The van der Waals surface area contributed by atoms with Crippen molar-refractivity contribution in [3.63, 3.8) is 0 Å². The van der Waals surface area contributed by atoms with E-state index >= 15 is 0 Å². The van der Waals surface area contributed by atoms with Crippen molar-refractivity contribution in [2.24, 2.45) is 0 Å². The van der Waals surface area contributed by atoms with Crippen LogP contribution in [0.25, 0.3) is 22.3 Å². The second-order valence-corrected chi connectivity index (χ2v) is 10.5. The van der Waals surface area contributed by atoms with Gasteiger partial charge in [-0.25, -0.2) is 0 Å². The van der Waals surface area contributed by atoms with Crippen LogP contribution in [0.15, 0.2) is 154 Å². The number of carbonyl (C=O) groups is 1. The van der Waals surface area contributed by atoms with E-state index in [9.17, 15) is 9.90 Å². The van der Waals surface area contributed by atoms with E-state index in [1.165, 1.54) is 36.9 Å². The van der Waals surface area contributed by atoms with Crippen LogP contribution >= 0.6 is 0 Å². The number of benzene rings is 5. The van der Waals surface area contributed by atoms with E-state index in [4.69, 9.17) is 0 Å². The largest absolute Gasteiger partial charge is 0.550 e. The minimum absolute atomic E-state index is 0.144. The highest BCUT2D eigenvalue weighted by Crippen LogP contribution is 2.33. The fourth-order valence-corrected chi connectivity index (χ4v) is 6.06. The first kappa shape index (κ1) is 26.0. The summed E-state index contributed by atoms with van der Waals surface area (Å²) in [6, 6.07) is 50.0. The van der Waals surface area contributed by atoms with Gasteiger partial charge >= 0.3 is 0 Å². The number of rotatable bonds is 7. The highest BCUT2D eigenvalue weighted by Gasteiger charge is 2.28. The third-order valence-electron chi connectivity index (χ3n) is 5.83. The van der Waals surface area contributed by atoms with Gasteiger partial charge in [-0.2, -0.15) is 0 Å². The minimum atomic E-state index is -0.961. The van der Waals surface area contributed by atoms with Gasteiger partial charge in [-0.1, -0.05) is 92.2 Å². The van der Waals surface area contributed by atoms with Crippen LogP contribution in [-0.2, 0) is 15.7 Å². The highest BCUT2D eigenvalue weighted by molar-refractivity contribution is 7.97. The van der Waals surface area contributed by atoms with Crippen LogP contribution < -0.4 is 5.11 Å². The lowest BCUT2D eigenvalue weighted by Crippen LogP contribution is -2.20. The summed E-state index contributed by atoms with van der Waals surface area (Å²) in [7, 11) is -0.144. The number of hydrogen-bond acceptors (Lipinski definition) is 2. The van der Waals surface area contributed by atoms with Crippen molar-refractivity contribution in [1.82, 2.24) is 0 Å². The zero-order valence-corrected chi connectivity index (χ0v) is 21.7. The lowest BCUT2D eigenvalue weighted by molar-refractivity contribution is -0.305. The Labute approximate surface area is 222 Å². The summed E-state index contributed by atoms with van der Waals surface area (Å²) in [4.78, 5) is 13.5. The van der Waals surface area contributed by atoms with Gasteiger partial charge in [0.15, 0.2) is 14.7 Å². The Morgan fingerprint density at radius 3 is 1.16 bits per heavy atom. The third-order valence-corrected chi connectivity index (χ3v) is 8.06. The molecule has 0 N–H and O–H groups in total. The van der Waals surface area contributed by atoms with Gasteiger partial charge in [0.05, 0.1) is 10.9 Å². The van der Waals surface area contributed by atoms with Gasteiger partial charge in [-0.05, 0) is 89.3 Å². The molecule has 0 radical (unpaired) electrons. The monoisotopic (exact) mass is 502 g/mol. The predicted molar refractivity (Wildman–Crippen MR) is 152 cm³/mol. The summed E-state index contributed by atoms with van der Waals surface area (Å²) in [5.41, 5.74) is 5.00. The number of hydrogen-bond donors (Lipinski definition) is 0. The normalized spacial score (nSPS) is 10.4. The maximum atomic E-state index is 9.49. The van der Waals surface area contributed by atoms with Crippen molar-refractivity contribution in [1.29, 1.82) is 0 Å². The Balaban J connectivity index is 0.000000480. The molecule has 0 bridgehead atoms. The van der Waals surface area contributed by atoms with E-state index in [1.807, 2.05) is 0 Å². The molecule has 0 aliphatic carbocycles. The molecule has 5 aromatic carbocycles. The lowest BCUT2D eigenvalue weighted by atomic mass is 10.1. The third kappa shape index (κ3) is 7.22. The van der Waals surface area contributed by atoms with Gasteiger partial charge in [-0.3, -0.25) is 0 Å². The van der Waals surface area contributed by atoms with Crippen LogP contribution in [0.4, 0.5) is 0 Å². The first-order valence-corrected chi connectivity index (χ1v) is 13.7. The Bertz CT molecular complexity index is 1280. The molecule has 3 heteroatoms. The molecule has 0 heterocycles. The molecule has 0 spiro atoms. The zero-order chi connectivity index (χ0) is 25.9. The zero-order valence-electron chi connectivity index (χ0n) is 20.9. The summed E-state index contributed by atoms with van der Waals surface area (Å²) in [5.74, 6) is -0.961. The predicted octanol–water partition coefficient (Wildman–Crippen LogP) is 7.65. The van der Waals surface area contributed by atoms with E-state index in [0.717, 1.165) is 0 Å². The van der Waals surface area contributed by atoms with E-state index in [2.05, 4.69) is 140 Å². The molecule has 0 aliphatic rings. The van der Waals surface area contributed by atoms with Crippen molar-refractivity contribution >= 4 is 16.9 Å². The minimum Gasteiger partial charge on any atom is -0.550 e. The average Bonchev–Trinajstić information content (AvgIpc) is 2.96. The second-order valence-electron chi connectivity index (χ2n) is 8.52. The number of carboxylic acid groups (broad SMARTS) is 1. The molecule has 0 saturated heterocycles. The quantitative estimate of drug-likeness (QED) is 0.214. The van der Waals surface area contributed by atoms with Crippen LogP contribution in [0, 0.1) is 0 Å². The van der Waals surface area contributed by atoms with E-state index in [0.29, 0.717) is 6.42 Å². The Hall–Kier alpha value is -4.08. The van der Waals surface area contributed by atoms with E-state index in [1.54, 1.807) is 6.92 Å². The van der Waals surface area contributed by atoms with Crippen LogP contribution in [0.3, 0.4) is 0 Å². The van der Waals surface area contributed by atoms with Gasteiger partial charge < -0.3 is 9.90 Å². The molecule has 0 saturated carbocycles. The molecule has 0 atom stereocenters. The Kier molecular flexibility index (Phi) is 9.34. The van der Waals surface area contributed by atoms with Crippen molar-refractivity contribution < 1.29 is 9.90 Å². The van der Waals surface area contributed by atoms with Crippen molar-refractivity contribution in [3.8, 4) is 22.3 Å². The first-order valence-electron chi connectivity index (χ1n) is 12.5. The van der Waals surface area contributed by atoms with Gasteiger partial charge in [0.25, 0.3) is 0 Å². The smallest absolute Gasteiger partial charge is 0.166 e. The summed E-state index contributed by atoms with van der Waals surface area (Å²) >= 11 is 0. The van der Waals surface area contributed by atoms with E-state index < -0.39 is 5.97 Å². The molecular weight excluding hydrogens is 472 g/mol. The number of carbonyl (C=O) groups excluding carboxylic acids is 1. The molecule has 0 aliphatic heterocycles. The van der Waals surface area contributed by atoms with Crippen LogP contribution in [0.2, 0.25) is 0 Å². The molecule has 37 heavy (non-hydrogen) atoms. The molecule has 2 nitrogen and oxygen atoms in total. The first-order chi connectivity index (χ1) is 18.2. The maximum Gasteiger partial charge on any atom is 0.166 e. The molecule has 5 aromatic rings. The lowest BCUT2D eigenvalue weighted by Gasteiger charge is -2.10. The number of aliphatic carboxylic acids is 1. The van der Waals surface area contributed by atoms with E-state index in [-0.39, 0.29) is 17.3 Å². The fraction of sp³-hybridized carbons (Fsp3) is 0.0882. The molecular formula is C34H30O2S. The van der Waals surface area contributed by atoms with Gasteiger partial charge in [0.2, 0.25) is 0 Å². The van der Waals surface area contributed by atoms with Crippen LogP contribution in [0.1, 0.15) is 19.8 Å².